The third kappa shape index (κ3) is 4.08. The van der Waals surface area contributed by atoms with E-state index >= 15 is 0 Å². The molecular weight excluding hydrogens is 311 g/mol. The molecule has 0 aliphatic carbocycles. The summed E-state index contributed by atoms with van der Waals surface area (Å²) in [6.07, 6.45) is 1.76. The van der Waals surface area contributed by atoms with E-state index in [2.05, 4.69) is 4.98 Å². The van der Waals surface area contributed by atoms with E-state index in [1.165, 1.54) is 18.2 Å². The Morgan fingerprint density at radius 2 is 2.17 bits per heavy atom. The quantitative estimate of drug-likeness (QED) is 0.906. The minimum Gasteiger partial charge on any atom is -0.484 e. The summed E-state index contributed by atoms with van der Waals surface area (Å²) in [6, 6.07) is 11.3. The lowest BCUT2D eigenvalue weighted by molar-refractivity contribution is -0.132. The molecule has 126 valence electrons. The maximum absolute atomic E-state index is 13.1. The van der Waals surface area contributed by atoms with Crippen molar-refractivity contribution in [2.45, 2.75) is 12.5 Å². The molecule has 24 heavy (non-hydrogen) atoms. The van der Waals surface area contributed by atoms with Gasteiger partial charge in [0.15, 0.2) is 6.61 Å². The molecule has 3 rings (SSSR count). The van der Waals surface area contributed by atoms with Gasteiger partial charge in [0.2, 0.25) is 0 Å². The average Bonchev–Trinajstić information content (AvgIpc) is 2.95. The maximum atomic E-state index is 13.1. The van der Waals surface area contributed by atoms with E-state index in [1.807, 2.05) is 18.2 Å². The topological polar surface area (TPSA) is 62.7 Å². The van der Waals surface area contributed by atoms with Gasteiger partial charge in [-0.2, -0.15) is 0 Å². The molecule has 5 nitrogen and oxygen atoms in total. The number of ether oxygens (including phenoxy) is 1. The normalized spacial score (nSPS) is 20.2. The van der Waals surface area contributed by atoms with Crippen LogP contribution in [0, 0.1) is 11.7 Å². The van der Waals surface area contributed by atoms with Crippen LogP contribution in [-0.2, 0) is 11.2 Å². The molecule has 1 saturated heterocycles. The van der Waals surface area contributed by atoms with Crippen LogP contribution in [-0.4, -0.2) is 46.7 Å². The van der Waals surface area contributed by atoms with Crippen molar-refractivity contribution in [1.29, 1.82) is 0 Å². The average molecular weight is 330 g/mol. The minimum absolute atomic E-state index is 0.0435. The highest BCUT2D eigenvalue weighted by Crippen LogP contribution is 2.21. The highest BCUT2D eigenvalue weighted by atomic mass is 19.1. The molecule has 1 aromatic heterocycles. The van der Waals surface area contributed by atoms with Crippen LogP contribution in [0.3, 0.4) is 0 Å². The van der Waals surface area contributed by atoms with Crippen LogP contribution in [0.25, 0.3) is 0 Å². The predicted molar refractivity (Wildman–Crippen MR) is 85.9 cm³/mol. The zero-order valence-electron chi connectivity index (χ0n) is 13.1. The number of likely N-dealkylation sites (tertiary alicyclic amines) is 1. The Morgan fingerprint density at radius 1 is 1.29 bits per heavy atom. The van der Waals surface area contributed by atoms with Crippen molar-refractivity contribution in [2.75, 3.05) is 19.7 Å². The minimum atomic E-state index is -0.579. The third-order valence-corrected chi connectivity index (χ3v) is 4.12. The Labute approximate surface area is 139 Å². The van der Waals surface area contributed by atoms with Gasteiger partial charge < -0.3 is 14.7 Å². The first-order valence-corrected chi connectivity index (χ1v) is 7.86. The number of carbonyl (C=O) groups excluding carboxylic acids is 1. The fourth-order valence-electron chi connectivity index (χ4n) is 2.84. The fraction of sp³-hybridized carbons (Fsp3) is 0.333. The standard InChI is InChI=1S/C18H19FN2O3/c19-14-4-3-6-16(9-14)24-12-18(23)21-10-13(17(22)11-21)8-15-5-1-2-7-20-15/h1-7,9,13,17,22H,8,10-12H2/t13-,17-/m1/s1. The lowest BCUT2D eigenvalue weighted by Crippen LogP contribution is -2.33. The molecule has 2 atom stereocenters. The molecule has 0 unspecified atom stereocenters. The van der Waals surface area contributed by atoms with Crippen LogP contribution in [0.15, 0.2) is 48.7 Å². The molecule has 2 aromatic rings. The summed E-state index contributed by atoms with van der Waals surface area (Å²) < 4.78 is 18.4. The summed E-state index contributed by atoms with van der Waals surface area (Å²) in [5, 5.41) is 10.2. The van der Waals surface area contributed by atoms with Crippen molar-refractivity contribution in [2.24, 2.45) is 5.92 Å². The highest BCUT2D eigenvalue weighted by molar-refractivity contribution is 5.78. The number of pyridine rings is 1. The number of aromatic nitrogens is 1. The van der Waals surface area contributed by atoms with Gasteiger partial charge in [-0.25, -0.2) is 4.39 Å². The molecule has 1 aromatic carbocycles. The molecule has 1 aliphatic rings. The Hall–Kier alpha value is -2.47. The summed E-state index contributed by atoms with van der Waals surface area (Å²) >= 11 is 0. The monoisotopic (exact) mass is 330 g/mol. The van der Waals surface area contributed by atoms with Gasteiger partial charge in [-0.15, -0.1) is 0 Å². The van der Waals surface area contributed by atoms with Gasteiger partial charge in [0.05, 0.1) is 6.10 Å². The Morgan fingerprint density at radius 3 is 2.92 bits per heavy atom. The number of nitrogens with zero attached hydrogens (tertiary/aromatic N) is 2. The van der Waals surface area contributed by atoms with Crippen molar-refractivity contribution in [3.05, 3.63) is 60.2 Å². The van der Waals surface area contributed by atoms with Gasteiger partial charge in [0.1, 0.15) is 11.6 Å². The summed E-state index contributed by atoms with van der Waals surface area (Å²) in [6.45, 7) is 0.568. The Bertz CT molecular complexity index is 696. The summed E-state index contributed by atoms with van der Waals surface area (Å²) in [7, 11) is 0. The van der Waals surface area contributed by atoms with Crippen LogP contribution in [0.5, 0.6) is 5.75 Å². The van der Waals surface area contributed by atoms with E-state index in [1.54, 1.807) is 17.2 Å². The zero-order chi connectivity index (χ0) is 16.9. The molecule has 2 heterocycles. The van der Waals surface area contributed by atoms with Crippen LogP contribution in [0.1, 0.15) is 5.69 Å². The number of carbonyl (C=O) groups is 1. The van der Waals surface area contributed by atoms with E-state index in [9.17, 15) is 14.3 Å². The SMILES string of the molecule is O=C(COc1cccc(F)c1)N1C[C@@H](Cc2ccccn2)[C@H](O)C1. The summed E-state index contributed by atoms with van der Waals surface area (Å²) in [5.74, 6) is -0.361. The Balaban J connectivity index is 1.53. The second-order valence-corrected chi connectivity index (χ2v) is 5.90. The molecule has 1 aliphatic heterocycles. The molecule has 1 N–H and O–H groups in total. The molecule has 0 radical (unpaired) electrons. The van der Waals surface area contributed by atoms with E-state index in [0.29, 0.717) is 18.7 Å². The highest BCUT2D eigenvalue weighted by Gasteiger charge is 2.34. The smallest absolute Gasteiger partial charge is 0.260 e. The molecule has 1 fully saturated rings. The first-order chi connectivity index (χ1) is 11.6. The molecular formula is C18H19FN2O3. The van der Waals surface area contributed by atoms with Crippen molar-refractivity contribution in [3.63, 3.8) is 0 Å². The predicted octanol–water partition coefficient (Wildman–Crippen LogP) is 1.66. The molecule has 1 amide bonds. The number of halogens is 1. The van der Waals surface area contributed by atoms with E-state index in [-0.39, 0.29) is 25.0 Å². The van der Waals surface area contributed by atoms with Gasteiger partial charge in [0, 0.05) is 37.0 Å². The second kappa shape index (κ2) is 7.40. The number of β-amino-alcohol motifs (C(OH)–C–C–N with tert-alkyl or cyclic N) is 1. The van der Waals surface area contributed by atoms with Gasteiger partial charge in [-0.3, -0.25) is 9.78 Å². The number of amides is 1. The number of benzene rings is 1. The lowest BCUT2D eigenvalue weighted by Gasteiger charge is -2.16. The molecule has 6 heteroatoms. The second-order valence-electron chi connectivity index (χ2n) is 5.90. The van der Waals surface area contributed by atoms with Crippen LogP contribution in [0.4, 0.5) is 4.39 Å². The number of aliphatic hydroxyl groups excluding tert-OH is 1. The van der Waals surface area contributed by atoms with Crippen LogP contribution >= 0.6 is 0 Å². The van der Waals surface area contributed by atoms with Crippen molar-refractivity contribution < 1.29 is 19.0 Å². The van der Waals surface area contributed by atoms with Gasteiger partial charge in [0.25, 0.3) is 5.91 Å². The zero-order valence-corrected chi connectivity index (χ0v) is 13.1. The lowest BCUT2D eigenvalue weighted by atomic mass is 10.00. The van der Waals surface area contributed by atoms with E-state index in [0.717, 1.165) is 5.69 Å². The van der Waals surface area contributed by atoms with Gasteiger partial charge in [-0.1, -0.05) is 12.1 Å². The largest absolute Gasteiger partial charge is 0.484 e. The fourth-order valence-corrected chi connectivity index (χ4v) is 2.84. The van der Waals surface area contributed by atoms with E-state index in [4.69, 9.17) is 4.74 Å². The van der Waals surface area contributed by atoms with Crippen molar-refractivity contribution in [1.82, 2.24) is 9.88 Å². The van der Waals surface area contributed by atoms with Crippen LogP contribution in [0.2, 0.25) is 0 Å². The first kappa shape index (κ1) is 16.4. The van der Waals surface area contributed by atoms with Crippen molar-refractivity contribution in [3.8, 4) is 5.75 Å². The number of aliphatic hydroxyl groups is 1. The Kier molecular flexibility index (Phi) is 5.05. The van der Waals surface area contributed by atoms with Crippen LogP contribution < -0.4 is 4.74 Å². The number of hydrogen-bond acceptors (Lipinski definition) is 4. The number of rotatable bonds is 5. The third-order valence-electron chi connectivity index (χ3n) is 4.12. The molecule has 0 spiro atoms. The number of hydrogen-bond donors (Lipinski definition) is 1. The molecule has 0 saturated carbocycles. The van der Waals surface area contributed by atoms with Gasteiger partial charge >= 0.3 is 0 Å². The summed E-state index contributed by atoms with van der Waals surface area (Å²) in [4.78, 5) is 18.1. The van der Waals surface area contributed by atoms with Gasteiger partial charge in [-0.05, 0) is 30.7 Å². The molecule has 0 bridgehead atoms. The first-order valence-electron chi connectivity index (χ1n) is 7.86. The summed E-state index contributed by atoms with van der Waals surface area (Å²) in [5.41, 5.74) is 0.895. The van der Waals surface area contributed by atoms with Crippen molar-refractivity contribution >= 4 is 5.91 Å². The van der Waals surface area contributed by atoms with E-state index < -0.39 is 11.9 Å². The maximum Gasteiger partial charge on any atom is 0.260 e.